The number of aromatic nitrogens is 4. The van der Waals surface area contributed by atoms with Gasteiger partial charge in [0, 0.05) is 56.2 Å². The number of nitrogen functional groups attached to an aromatic ring is 1. The molecule has 0 aromatic carbocycles. The van der Waals surface area contributed by atoms with Crippen molar-refractivity contribution in [3.05, 3.63) is 18.0 Å². The lowest BCUT2D eigenvalue weighted by molar-refractivity contribution is 0.122. The molecule has 2 fully saturated rings. The van der Waals surface area contributed by atoms with Gasteiger partial charge in [-0.25, -0.2) is 23.4 Å². The first-order chi connectivity index (χ1) is 15.2. The molecule has 0 radical (unpaired) electrons. The number of fused-ring (bicyclic) bond motifs is 1. The highest BCUT2D eigenvalue weighted by Crippen LogP contribution is 2.41. The number of sulfonamides is 1. The van der Waals surface area contributed by atoms with Crippen LogP contribution in [0.1, 0.15) is 18.9 Å². The van der Waals surface area contributed by atoms with Crippen LogP contribution >= 0.6 is 0 Å². The summed E-state index contributed by atoms with van der Waals surface area (Å²) < 4.78 is 31.4. The van der Waals surface area contributed by atoms with Crippen LogP contribution < -0.4 is 15.5 Å². The summed E-state index contributed by atoms with van der Waals surface area (Å²) in [4.78, 5) is 22.6. The van der Waals surface area contributed by atoms with E-state index >= 15 is 0 Å². The molecular formula is C20H28N8O3S. The zero-order chi connectivity index (χ0) is 22.5. The Morgan fingerprint density at radius 3 is 2.47 bits per heavy atom. The standard InChI is InChI=1S/C20H28N8O3S/c1-20(4-6-27(13-20)32(2,29)30)28-5-3-15-16(14-11-22-18(21)23-12-14)24-19(25-17(15)28)26-7-9-31-10-8-26/h11-12H,3-10,13H2,1-2H3,(H2,21,22,23)/t20-/m1/s1. The van der Waals surface area contributed by atoms with Gasteiger partial charge >= 0.3 is 0 Å². The molecule has 1 atom stereocenters. The van der Waals surface area contributed by atoms with Gasteiger partial charge in [0.05, 0.1) is 30.7 Å². The molecule has 0 unspecified atom stereocenters. The van der Waals surface area contributed by atoms with E-state index in [0.29, 0.717) is 32.3 Å². The molecule has 2 aromatic rings. The van der Waals surface area contributed by atoms with E-state index in [1.807, 2.05) is 0 Å². The van der Waals surface area contributed by atoms with Gasteiger partial charge in [0.25, 0.3) is 0 Å². The number of hydrogen-bond acceptors (Lipinski definition) is 10. The average molecular weight is 461 g/mol. The van der Waals surface area contributed by atoms with Crippen LogP contribution in [0.15, 0.2) is 12.4 Å². The van der Waals surface area contributed by atoms with Gasteiger partial charge in [-0.2, -0.15) is 9.29 Å². The average Bonchev–Trinajstić information content (AvgIpc) is 3.39. The van der Waals surface area contributed by atoms with Crippen molar-refractivity contribution in [2.75, 3.05) is 67.7 Å². The Hall–Kier alpha value is -2.57. The molecular weight excluding hydrogens is 432 g/mol. The lowest BCUT2D eigenvalue weighted by atomic mass is 9.99. The fourth-order valence-corrected chi connectivity index (χ4v) is 5.72. The van der Waals surface area contributed by atoms with E-state index < -0.39 is 10.0 Å². The quantitative estimate of drug-likeness (QED) is 0.672. The molecule has 3 aliphatic heterocycles. The highest BCUT2D eigenvalue weighted by Gasteiger charge is 2.45. The summed E-state index contributed by atoms with van der Waals surface area (Å²) in [6, 6.07) is 0. The molecule has 0 aliphatic carbocycles. The van der Waals surface area contributed by atoms with E-state index in [1.165, 1.54) is 6.26 Å². The van der Waals surface area contributed by atoms with Gasteiger partial charge in [-0.1, -0.05) is 0 Å². The third-order valence-electron chi connectivity index (χ3n) is 6.59. The van der Waals surface area contributed by atoms with E-state index in [0.717, 1.165) is 55.1 Å². The van der Waals surface area contributed by atoms with Crippen LogP contribution in [-0.4, -0.2) is 90.4 Å². The predicted molar refractivity (Wildman–Crippen MR) is 121 cm³/mol. The molecule has 32 heavy (non-hydrogen) atoms. The van der Waals surface area contributed by atoms with Crippen molar-refractivity contribution >= 4 is 27.7 Å². The normalized spacial score (nSPS) is 24.2. The highest BCUT2D eigenvalue weighted by atomic mass is 32.2. The molecule has 3 aliphatic rings. The predicted octanol–water partition coefficient (Wildman–Crippen LogP) is 0.139. The number of nitrogens with zero attached hydrogens (tertiary/aromatic N) is 7. The molecule has 0 bridgehead atoms. The summed E-state index contributed by atoms with van der Waals surface area (Å²) in [5.74, 6) is 1.73. The molecule has 172 valence electrons. The fraction of sp³-hybridized carbons (Fsp3) is 0.600. The maximum atomic E-state index is 12.1. The van der Waals surface area contributed by atoms with Crippen molar-refractivity contribution in [3.8, 4) is 11.3 Å². The Bertz CT molecular complexity index is 1120. The number of anilines is 3. The summed E-state index contributed by atoms with van der Waals surface area (Å²) in [6.07, 6.45) is 6.18. The van der Waals surface area contributed by atoms with E-state index in [-0.39, 0.29) is 11.5 Å². The van der Waals surface area contributed by atoms with Crippen molar-refractivity contribution in [3.63, 3.8) is 0 Å². The van der Waals surface area contributed by atoms with Gasteiger partial charge in [-0.05, 0) is 19.8 Å². The van der Waals surface area contributed by atoms with Crippen LogP contribution in [0, 0.1) is 0 Å². The summed E-state index contributed by atoms with van der Waals surface area (Å²) in [7, 11) is -3.24. The molecule has 2 saturated heterocycles. The fourth-order valence-electron chi connectivity index (χ4n) is 4.78. The van der Waals surface area contributed by atoms with Crippen molar-refractivity contribution in [2.45, 2.75) is 25.3 Å². The van der Waals surface area contributed by atoms with Gasteiger partial charge < -0.3 is 20.3 Å². The van der Waals surface area contributed by atoms with Gasteiger partial charge in [0.1, 0.15) is 5.82 Å². The summed E-state index contributed by atoms with van der Waals surface area (Å²) in [5, 5.41) is 0. The van der Waals surface area contributed by atoms with Gasteiger partial charge in [0.15, 0.2) is 0 Å². The molecule has 5 rings (SSSR count). The van der Waals surface area contributed by atoms with Crippen molar-refractivity contribution in [1.29, 1.82) is 0 Å². The lowest BCUT2D eigenvalue weighted by Gasteiger charge is -2.37. The lowest BCUT2D eigenvalue weighted by Crippen LogP contribution is -2.48. The van der Waals surface area contributed by atoms with Crippen LogP contribution in [0.5, 0.6) is 0 Å². The second-order valence-corrected chi connectivity index (χ2v) is 10.8. The molecule has 2 aromatic heterocycles. The molecule has 0 spiro atoms. The third kappa shape index (κ3) is 3.76. The highest BCUT2D eigenvalue weighted by molar-refractivity contribution is 7.88. The Kier molecular flexibility index (Phi) is 5.18. The number of nitrogens with two attached hydrogens (primary N) is 1. The van der Waals surface area contributed by atoms with Crippen molar-refractivity contribution in [1.82, 2.24) is 24.2 Å². The molecule has 0 amide bonds. The van der Waals surface area contributed by atoms with Crippen LogP contribution in [0.3, 0.4) is 0 Å². The number of ether oxygens (including phenoxy) is 1. The maximum Gasteiger partial charge on any atom is 0.228 e. The first-order valence-corrected chi connectivity index (χ1v) is 12.6. The van der Waals surface area contributed by atoms with E-state index in [2.05, 4.69) is 26.7 Å². The molecule has 0 saturated carbocycles. The second-order valence-electron chi connectivity index (χ2n) is 8.85. The minimum atomic E-state index is -3.24. The van der Waals surface area contributed by atoms with E-state index in [9.17, 15) is 8.42 Å². The van der Waals surface area contributed by atoms with E-state index in [4.69, 9.17) is 20.4 Å². The largest absolute Gasteiger partial charge is 0.378 e. The zero-order valence-electron chi connectivity index (χ0n) is 18.4. The maximum absolute atomic E-state index is 12.1. The van der Waals surface area contributed by atoms with Gasteiger partial charge in [-0.15, -0.1) is 0 Å². The minimum Gasteiger partial charge on any atom is -0.378 e. The Morgan fingerprint density at radius 2 is 1.81 bits per heavy atom. The first kappa shape index (κ1) is 21.3. The zero-order valence-corrected chi connectivity index (χ0v) is 19.2. The number of hydrogen-bond donors (Lipinski definition) is 1. The van der Waals surface area contributed by atoms with Crippen LogP contribution in [0.4, 0.5) is 17.7 Å². The van der Waals surface area contributed by atoms with Crippen LogP contribution in [0.25, 0.3) is 11.3 Å². The van der Waals surface area contributed by atoms with Gasteiger partial charge in [0.2, 0.25) is 21.9 Å². The molecule has 2 N–H and O–H groups in total. The molecule has 11 nitrogen and oxygen atoms in total. The van der Waals surface area contributed by atoms with Crippen molar-refractivity contribution < 1.29 is 13.2 Å². The van der Waals surface area contributed by atoms with Crippen LogP contribution in [0.2, 0.25) is 0 Å². The molecule has 5 heterocycles. The Labute approximate surface area is 187 Å². The van der Waals surface area contributed by atoms with Crippen LogP contribution in [-0.2, 0) is 21.2 Å². The Morgan fingerprint density at radius 1 is 1.09 bits per heavy atom. The SMILES string of the molecule is C[C@@]1(N2CCc3c(-c4cnc(N)nc4)nc(N4CCOCC4)nc32)CCN(S(C)(=O)=O)C1. The number of morpholine rings is 1. The monoisotopic (exact) mass is 460 g/mol. The van der Waals surface area contributed by atoms with E-state index in [1.54, 1.807) is 16.7 Å². The topological polar surface area (TPSA) is 131 Å². The summed E-state index contributed by atoms with van der Waals surface area (Å²) in [5.41, 5.74) is 8.00. The summed E-state index contributed by atoms with van der Waals surface area (Å²) in [6.45, 7) is 6.54. The van der Waals surface area contributed by atoms with Gasteiger partial charge in [-0.3, -0.25) is 0 Å². The molecule has 12 heteroatoms. The van der Waals surface area contributed by atoms with Crippen molar-refractivity contribution in [2.24, 2.45) is 0 Å². The summed E-state index contributed by atoms with van der Waals surface area (Å²) >= 11 is 0. The Balaban J connectivity index is 1.58. The first-order valence-electron chi connectivity index (χ1n) is 10.8. The second kappa shape index (κ2) is 7.78. The number of rotatable bonds is 4. The smallest absolute Gasteiger partial charge is 0.228 e. The third-order valence-corrected chi connectivity index (χ3v) is 7.84. The minimum absolute atomic E-state index is 0.216.